The van der Waals surface area contributed by atoms with Crippen molar-refractivity contribution in [2.45, 2.75) is 50.9 Å². The molecular formula is C27H28Cl2F3N3O6S. The van der Waals surface area contributed by atoms with E-state index < -0.39 is 61.7 Å². The second-order valence-electron chi connectivity index (χ2n) is 9.94. The Morgan fingerprint density at radius 3 is 2.50 bits per heavy atom. The maximum atomic E-state index is 14.3. The maximum Gasteiger partial charge on any atom is 0.416 e. The minimum Gasteiger partial charge on any atom is -0.466 e. The number of esters is 1. The van der Waals surface area contributed by atoms with Gasteiger partial charge in [0.15, 0.2) is 9.84 Å². The number of fused-ring (bicyclic) bond motifs is 1. The number of carbonyl (C=O) groups excluding carboxylic acids is 1. The first-order valence-electron chi connectivity index (χ1n) is 13.1. The van der Waals surface area contributed by atoms with E-state index in [4.69, 9.17) is 27.9 Å². The Balaban J connectivity index is 1.82. The number of aromatic nitrogens is 2. The van der Waals surface area contributed by atoms with Crippen LogP contribution >= 0.6 is 23.2 Å². The number of halogens is 5. The highest BCUT2D eigenvalue weighted by Gasteiger charge is 2.37. The average Bonchev–Trinajstić information content (AvgIpc) is 2.92. The molecule has 0 spiro atoms. The van der Waals surface area contributed by atoms with Gasteiger partial charge in [-0.05, 0) is 61.7 Å². The molecule has 1 aromatic heterocycles. The summed E-state index contributed by atoms with van der Waals surface area (Å²) in [6, 6.07) is 4.50. The molecule has 2 heterocycles. The smallest absolute Gasteiger partial charge is 0.416 e. The summed E-state index contributed by atoms with van der Waals surface area (Å²) >= 11 is 12.5. The van der Waals surface area contributed by atoms with Gasteiger partial charge in [-0.1, -0.05) is 30.1 Å². The van der Waals surface area contributed by atoms with Crippen molar-refractivity contribution < 1.29 is 31.1 Å². The van der Waals surface area contributed by atoms with Crippen LogP contribution in [-0.2, 0) is 38.6 Å². The van der Waals surface area contributed by atoms with Crippen LogP contribution in [0.1, 0.15) is 43.4 Å². The van der Waals surface area contributed by atoms with Crippen LogP contribution in [0.3, 0.4) is 0 Å². The lowest BCUT2D eigenvalue weighted by Crippen LogP contribution is -2.39. The van der Waals surface area contributed by atoms with Gasteiger partial charge in [0.05, 0.1) is 51.2 Å². The number of H-pyrrole nitrogens is 1. The first-order chi connectivity index (χ1) is 19.7. The van der Waals surface area contributed by atoms with E-state index in [2.05, 4.69) is 4.98 Å². The highest BCUT2D eigenvalue weighted by molar-refractivity contribution is 7.91. The van der Waals surface area contributed by atoms with Crippen molar-refractivity contribution in [1.82, 2.24) is 14.5 Å². The van der Waals surface area contributed by atoms with E-state index in [1.165, 1.54) is 25.1 Å². The van der Waals surface area contributed by atoms with Crippen molar-refractivity contribution in [3.05, 3.63) is 71.8 Å². The van der Waals surface area contributed by atoms with Gasteiger partial charge in [-0.3, -0.25) is 19.1 Å². The van der Waals surface area contributed by atoms with Crippen LogP contribution in [-0.4, -0.2) is 54.3 Å². The molecule has 4 rings (SSSR count). The Labute approximate surface area is 249 Å². The lowest BCUT2D eigenvalue weighted by atomic mass is 9.96. The third-order valence-electron chi connectivity index (χ3n) is 7.20. The summed E-state index contributed by atoms with van der Waals surface area (Å²) in [6.07, 6.45) is -3.82. The van der Waals surface area contributed by atoms with Crippen molar-refractivity contribution in [3.8, 4) is 0 Å². The van der Waals surface area contributed by atoms with Crippen molar-refractivity contribution in [2.75, 3.05) is 25.4 Å². The van der Waals surface area contributed by atoms with Crippen molar-refractivity contribution in [2.24, 2.45) is 5.92 Å². The predicted molar refractivity (Wildman–Crippen MR) is 152 cm³/mol. The fourth-order valence-electron chi connectivity index (χ4n) is 5.12. The number of benzene rings is 2. The normalized spacial score (nSPS) is 16.6. The summed E-state index contributed by atoms with van der Waals surface area (Å²) in [4.78, 5) is 42.7. The van der Waals surface area contributed by atoms with Crippen LogP contribution in [0.25, 0.3) is 10.9 Å². The van der Waals surface area contributed by atoms with Crippen LogP contribution in [0.15, 0.2) is 38.8 Å². The molecule has 0 amide bonds. The summed E-state index contributed by atoms with van der Waals surface area (Å²) in [5.74, 6) is -1.20. The molecule has 3 aromatic rings. The number of sulfone groups is 1. The van der Waals surface area contributed by atoms with Gasteiger partial charge in [-0.25, -0.2) is 13.2 Å². The first kappa shape index (κ1) is 32.1. The zero-order chi connectivity index (χ0) is 31.0. The summed E-state index contributed by atoms with van der Waals surface area (Å²) in [7, 11) is -3.79. The van der Waals surface area contributed by atoms with Crippen LogP contribution in [0.2, 0.25) is 10.0 Å². The zero-order valence-corrected chi connectivity index (χ0v) is 25.0. The summed E-state index contributed by atoms with van der Waals surface area (Å²) in [5.41, 5.74) is -3.85. The number of rotatable bonds is 8. The third kappa shape index (κ3) is 6.53. The molecule has 1 N–H and O–H groups in total. The molecular weight excluding hydrogens is 622 g/mol. The number of hydrogen-bond acceptors (Lipinski definition) is 7. The molecule has 1 fully saturated rings. The molecule has 0 saturated carbocycles. The largest absolute Gasteiger partial charge is 0.466 e. The van der Waals surface area contributed by atoms with Gasteiger partial charge in [-0.15, -0.1) is 0 Å². The molecule has 9 nitrogen and oxygen atoms in total. The number of alkyl halides is 3. The first-order valence-corrected chi connectivity index (χ1v) is 15.5. The molecule has 1 aliphatic rings. The molecule has 0 unspecified atom stereocenters. The summed E-state index contributed by atoms with van der Waals surface area (Å²) in [6.45, 7) is 2.98. The van der Waals surface area contributed by atoms with Gasteiger partial charge < -0.3 is 9.72 Å². The van der Waals surface area contributed by atoms with E-state index in [-0.39, 0.29) is 52.0 Å². The van der Waals surface area contributed by atoms with Crippen LogP contribution in [0.5, 0.6) is 0 Å². The van der Waals surface area contributed by atoms with Crippen LogP contribution in [0.4, 0.5) is 13.2 Å². The van der Waals surface area contributed by atoms with Crippen LogP contribution < -0.4 is 11.2 Å². The fourth-order valence-corrected chi connectivity index (χ4v) is 6.74. The molecule has 0 bridgehead atoms. The van der Waals surface area contributed by atoms with E-state index in [0.29, 0.717) is 30.0 Å². The van der Waals surface area contributed by atoms with Crippen molar-refractivity contribution in [1.29, 1.82) is 0 Å². The predicted octanol–water partition coefficient (Wildman–Crippen LogP) is 4.63. The van der Waals surface area contributed by atoms with Gasteiger partial charge in [0.25, 0.3) is 5.56 Å². The molecule has 2 aromatic carbocycles. The van der Waals surface area contributed by atoms with E-state index in [0.717, 1.165) is 0 Å². The highest BCUT2D eigenvalue weighted by atomic mass is 35.5. The monoisotopic (exact) mass is 649 g/mol. The lowest BCUT2D eigenvalue weighted by Gasteiger charge is -2.32. The van der Waals surface area contributed by atoms with Gasteiger partial charge in [0, 0.05) is 18.1 Å². The molecule has 15 heteroatoms. The molecule has 228 valence electrons. The molecule has 0 aliphatic carbocycles. The van der Waals surface area contributed by atoms with Gasteiger partial charge >= 0.3 is 17.8 Å². The van der Waals surface area contributed by atoms with E-state index >= 15 is 0 Å². The number of hydrogen-bond donors (Lipinski definition) is 1. The topological polar surface area (TPSA) is 119 Å². The van der Waals surface area contributed by atoms with E-state index in [1.807, 2.05) is 0 Å². The Morgan fingerprint density at radius 2 is 1.86 bits per heavy atom. The molecule has 1 atom stereocenters. The standard InChI is InChI=1S/C27H28Cl2F3N3O6S/c1-3-41-25(37)15-6-5-9-34(12-15)14-19-20(27(30,31)32)11-18-23(22(19)29)33-26(38)35(24(18)36)13-16-10-17(28)7-8-21(16)42(39,40)4-2/h7-8,10-11,15H,3-6,9,12-14H2,1-2H3,(H,33,38)/t15-/m1/s1. The molecule has 1 saturated heterocycles. The van der Waals surface area contributed by atoms with Crippen LogP contribution in [0, 0.1) is 5.92 Å². The molecule has 1 aliphatic heterocycles. The second-order valence-corrected chi connectivity index (χ2v) is 13.0. The summed E-state index contributed by atoms with van der Waals surface area (Å²) in [5, 5.41) is -0.808. The average molecular weight is 651 g/mol. The van der Waals surface area contributed by atoms with E-state index in [1.54, 1.807) is 11.8 Å². The molecule has 0 radical (unpaired) electrons. The minimum atomic E-state index is -4.91. The Morgan fingerprint density at radius 1 is 1.14 bits per heavy atom. The maximum absolute atomic E-state index is 14.3. The van der Waals surface area contributed by atoms with E-state index in [9.17, 15) is 36.0 Å². The second kappa shape index (κ2) is 12.4. The third-order valence-corrected chi connectivity index (χ3v) is 9.68. The Hall–Kier alpha value is -2.87. The van der Waals surface area contributed by atoms with Gasteiger partial charge in [-0.2, -0.15) is 13.2 Å². The molecule has 42 heavy (non-hydrogen) atoms. The van der Waals surface area contributed by atoms with Crippen molar-refractivity contribution >= 4 is 49.9 Å². The Bertz CT molecular complexity index is 1750. The quantitative estimate of drug-likeness (QED) is 0.353. The number of nitrogens with zero attached hydrogens (tertiary/aromatic N) is 2. The SMILES string of the molecule is CCOC(=O)[C@@H]1CCCN(Cc2c(C(F)(F)F)cc3c(=O)n(Cc4cc(Cl)ccc4S(=O)(=O)CC)c(=O)[nH]c3c2Cl)C1. The fraction of sp³-hybridized carbons (Fsp3) is 0.444. The minimum absolute atomic E-state index is 0.0244. The number of piperidine rings is 1. The number of ether oxygens (including phenoxy) is 1. The highest BCUT2D eigenvalue weighted by Crippen LogP contribution is 2.39. The number of aromatic amines is 1. The zero-order valence-electron chi connectivity index (χ0n) is 22.7. The lowest BCUT2D eigenvalue weighted by molar-refractivity contribution is -0.150. The van der Waals surface area contributed by atoms with Gasteiger partial charge in [0.2, 0.25) is 0 Å². The number of nitrogens with one attached hydrogen (secondary N) is 1. The number of carbonyl (C=O) groups is 1. The van der Waals surface area contributed by atoms with Gasteiger partial charge in [0.1, 0.15) is 0 Å². The van der Waals surface area contributed by atoms with Crippen molar-refractivity contribution in [3.63, 3.8) is 0 Å². The Kier molecular flexibility index (Phi) is 9.46. The number of likely N-dealkylation sites (tertiary alicyclic amines) is 1. The summed E-state index contributed by atoms with van der Waals surface area (Å²) < 4.78 is 73.9.